The molecular formula is C22H26N4O2. The number of anilines is 2. The van der Waals surface area contributed by atoms with E-state index >= 15 is 0 Å². The van der Waals surface area contributed by atoms with Crippen molar-refractivity contribution in [3.8, 4) is 16.9 Å². The number of benzene rings is 1. The van der Waals surface area contributed by atoms with Gasteiger partial charge in [0.25, 0.3) is 5.91 Å². The number of para-hydroxylation sites is 1. The highest BCUT2D eigenvalue weighted by atomic mass is 16.5. The third kappa shape index (κ3) is 3.58. The molecule has 3 aromatic rings. The van der Waals surface area contributed by atoms with Gasteiger partial charge in [-0.15, -0.1) is 0 Å². The molecule has 28 heavy (non-hydrogen) atoms. The van der Waals surface area contributed by atoms with Gasteiger partial charge in [-0.1, -0.05) is 26.0 Å². The number of carbonyl (C=O) groups excluding carboxylic acids is 1. The van der Waals surface area contributed by atoms with Crippen LogP contribution in [-0.2, 0) is 6.54 Å². The first kappa shape index (κ1) is 19.5. The number of aryl methyl sites for hydroxylation is 1. The van der Waals surface area contributed by atoms with Crippen LogP contribution in [0.3, 0.4) is 0 Å². The molecule has 0 fully saturated rings. The number of carbonyl (C=O) groups is 1. The van der Waals surface area contributed by atoms with E-state index in [2.05, 4.69) is 15.6 Å². The van der Waals surface area contributed by atoms with Crippen LogP contribution in [0, 0.1) is 6.92 Å². The molecule has 0 saturated carbocycles. The van der Waals surface area contributed by atoms with Gasteiger partial charge in [0, 0.05) is 37.2 Å². The van der Waals surface area contributed by atoms with Crippen LogP contribution in [0.1, 0.15) is 29.9 Å². The molecule has 1 amide bonds. The van der Waals surface area contributed by atoms with Crippen molar-refractivity contribution in [2.45, 2.75) is 27.3 Å². The van der Waals surface area contributed by atoms with E-state index in [0.29, 0.717) is 12.2 Å². The van der Waals surface area contributed by atoms with Gasteiger partial charge in [0.15, 0.2) is 0 Å². The summed E-state index contributed by atoms with van der Waals surface area (Å²) in [6, 6.07) is 9.80. The first-order valence-corrected chi connectivity index (χ1v) is 9.51. The number of nitrogens with zero attached hydrogens (tertiary/aromatic N) is 2. The molecule has 6 heteroatoms. The van der Waals surface area contributed by atoms with E-state index in [4.69, 9.17) is 4.74 Å². The Bertz CT molecular complexity index is 964. The van der Waals surface area contributed by atoms with Gasteiger partial charge < -0.3 is 19.9 Å². The standard InChI is InChI=1S/C20H20N4O2.C2H6/c1-13-4-3-5-16(19(13)26-2)23-17-15(14-6-8-21-9-7-14)12-24-11-10-22-20(25)18(17)24;1-2/h3-9,12,23H,10-11H2,1-2H3,(H,22,25);1-2H3. The smallest absolute Gasteiger partial charge is 0.270 e. The van der Waals surface area contributed by atoms with Crippen molar-refractivity contribution >= 4 is 17.3 Å². The average Bonchev–Trinajstić information content (AvgIpc) is 3.10. The number of hydrogen-bond donors (Lipinski definition) is 2. The van der Waals surface area contributed by atoms with Crippen LogP contribution in [-0.4, -0.2) is 29.1 Å². The van der Waals surface area contributed by atoms with Crippen LogP contribution in [0.2, 0.25) is 0 Å². The van der Waals surface area contributed by atoms with Crippen LogP contribution in [0.25, 0.3) is 11.1 Å². The number of fused-ring (bicyclic) bond motifs is 1. The Kier molecular flexibility index (Phi) is 5.99. The molecule has 0 bridgehead atoms. The normalized spacial score (nSPS) is 12.4. The van der Waals surface area contributed by atoms with Gasteiger partial charge in [0.1, 0.15) is 11.4 Å². The molecule has 146 valence electrons. The number of hydrogen-bond acceptors (Lipinski definition) is 4. The largest absolute Gasteiger partial charge is 0.494 e. The summed E-state index contributed by atoms with van der Waals surface area (Å²) in [5.41, 5.74) is 5.23. The minimum absolute atomic E-state index is 0.0781. The molecule has 6 nitrogen and oxygen atoms in total. The van der Waals surface area contributed by atoms with Gasteiger partial charge in [-0.25, -0.2) is 0 Å². The Balaban J connectivity index is 0.00000109. The molecule has 1 aromatic carbocycles. The lowest BCUT2D eigenvalue weighted by molar-refractivity contribution is 0.0929. The number of nitrogens with one attached hydrogen (secondary N) is 2. The summed E-state index contributed by atoms with van der Waals surface area (Å²) in [6.45, 7) is 7.37. The maximum atomic E-state index is 12.5. The van der Waals surface area contributed by atoms with E-state index in [1.807, 2.05) is 61.9 Å². The zero-order valence-electron chi connectivity index (χ0n) is 16.7. The fourth-order valence-electron chi connectivity index (χ4n) is 3.38. The van der Waals surface area contributed by atoms with Crippen molar-refractivity contribution in [3.05, 3.63) is 60.2 Å². The van der Waals surface area contributed by atoms with Crippen molar-refractivity contribution in [2.75, 3.05) is 19.0 Å². The van der Waals surface area contributed by atoms with E-state index in [1.54, 1.807) is 19.5 Å². The summed E-state index contributed by atoms with van der Waals surface area (Å²) in [6.07, 6.45) is 5.53. The first-order chi connectivity index (χ1) is 13.7. The molecule has 0 unspecified atom stereocenters. The zero-order chi connectivity index (χ0) is 20.1. The monoisotopic (exact) mass is 378 g/mol. The van der Waals surface area contributed by atoms with Gasteiger partial charge >= 0.3 is 0 Å². The van der Waals surface area contributed by atoms with Crippen LogP contribution in [0.4, 0.5) is 11.4 Å². The molecule has 0 saturated heterocycles. The fraction of sp³-hybridized carbons (Fsp3) is 0.273. The van der Waals surface area contributed by atoms with Crippen molar-refractivity contribution in [1.29, 1.82) is 0 Å². The highest BCUT2D eigenvalue weighted by Gasteiger charge is 2.26. The predicted molar refractivity (Wildman–Crippen MR) is 112 cm³/mol. The molecule has 4 rings (SSSR count). The highest BCUT2D eigenvalue weighted by Crippen LogP contribution is 2.39. The summed E-state index contributed by atoms with van der Waals surface area (Å²) in [7, 11) is 1.65. The maximum Gasteiger partial charge on any atom is 0.270 e. The lowest BCUT2D eigenvalue weighted by atomic mass is 10.1. The van der Waals surface area contributed by atoms with Gasteiger partial charge in [-0.3, -0.25) is 9.78 Å². The van der Waals surface area contributed by atoms with Crippen molar-refractivity contribution in [1.82, 2.24) is 14.9 Å². The maximum absolute atomic E-state index is 12.5. The molecule has 0 radical (unpaired) electrons. The summed E-state index contributed by atoms with van der Waals surface area (Å²) in [5.74, 6) is 0.690. The van der Waals surface area contributed by atoms with Crippen molar-refractivity contribution in [2.24, 2.45) is 0 Å². The predicted octanol–water partition coefficient (Wildman–Crippen LogP) is 4.38. The Hall–Kier alpha value is -3.28. The highest BCUT2D eigenvalue weighted by molar-refractivity contribution is 6.04. The van der Waals surface area contributed by atoms with Crippen LogP contribution < -0.4 is 15.4 Å². The third-order valence-electron chi connectivity index (χ3n) is 4.60. The quantitative estimate of drug-likeness (QED) is 0.707. The second-order valence-corrected chi connectivity index (χ2v) is 6.23. The second kappa shape index (κ2) is 8.61. The summed E-state index contributed by atoms with van der Waals surface area (Å²) >= 11 is 0. The molecule has 1 aliphatic rings. The SMILES string of the molecule is CC.COc1c(C)cccc1Nc1c(-c2ccncc2)cn2c1C(=O)NCC2. The molecule has 0 aliphatic carbocycles. The number of pyridine rings is 1. The number of ether oxygens (including phenoxy) is 1. The summed E-state index contributed by atoms with van der Waals surface area (Å²) in [5, 5.41) is 6.37. The van der Waals surface area contributed by atoms with E-state index in [0.717, 1.165) is 40.4 Å². The van der Waals surface area contributed by atoms with E-state index in [-0.39, 0.29) is 5.91 Å². The van der Waals surface area contributed by atoms with Gasteiger partial charge in [0.2, 0.25) is 0 Å². The fourth-order valence-corrected chi connectivity index (χ4v) is 3.38. The first-order valence-electron chi connectivity index (χ1n) is 9.51. The van der Waals surface area contributed by atoms with Crippen LogP contribution in [0.5, 0.6) is 5.75 Å². The van der Waals surface area contributed by atoms with Gasteiger partial charge in [-0.2, -0.15) is 0 Å². The van der Waals surface area contributed by atoms with Gasteiger partial charge in [-0.05, 0) is 36.2 Å². The Morgan fingerprint density at radius 3 is 2.64 bits per heavy atom. The molecule has 3 heterocycles. The number of methoxy groups -OCH3 is 1. The summed E-state index contributed by atoms with van der Waals surface area (Å²) < 4.78 is 7.56. The Labute approximate surface area is 165 Å². The number of aromatic nitrogens is 2. The second-order valence-electron chi connectivity index (χ2n) is 6.23. The Morgan fingerprint density at radius 2 is 1.93 bits per heavy atom. The molecule has 2 N–H and O–H groups in total. The lowest BCUT2D eigenvalue weighted by Crippen LogP contribution is -2.35. The molecule has 0 spiro atoms. The van der Waals surface area contributed by atoms with Crippen molar-refractivity contribution in [3.63, 3.8) is 0 Å². The van der Waals surface area contributed by atoms with E-state index in [1.165, 1.54) is 0 Å². The average molecular weight is 378 g/mol. The van der Waals surface area contributed by atoms with Crippen LogP contribution >= 0.6 is 0 Å². The van der Waals surface area contributed by atoms with E-state index in [9.17, 15) is 4.79 Å². The molecule has 1 aliphatic heterocycles. The van der Waals surface area contributed by atoms with Crippen LogP contribution in [0.15, 0.2) is 48.9 Å². The zero-order valence-corrected chi connectivity index (χ0v) is 16.7. The molecule has 0 atom stereocenters. The van der Waals surface area contributed by atoms with E-state index < -0.39 is 0 Å². The third-order valence-corrected chi connectivity index (χ3v) is 4.60. The number of rotatable bonds is 4. The number of amides is 1. The van der Waals surface area contributed by atoms with Gasteiger partial charge in [0.05, 0.1) is 18.5 Å². The molecule has 2 aromatic heterocycles. The summed E-state index contributed by atoms with van der Waals surface area (Å²) in [4.78, 5) is 16.6. The Morgan fingerprint density at radius 1 is 1.18 bits per heavy atom. The molecular weight excluding hydrogens is 352 g/mol. The topological polar surface area (TPSA) is 68.2 Å². The minimum Gasteiger partial charge on any atom is -0.494 e. The van der Waals surface area contributed by atoms with Crippen molar-refractivity contribution < 1.29 is 9.53 Å². The lowest BCUT2D eigenvalue weighted by Gasteiger charge is -2.19. The minimum atomic E-state index is -0.0781.